The molecule has 0 unspecified atom stereocenters. The first-order chi connectivity index (χ1) is 7.84. The topological polar surface area (TPSA) is 77.2 Å². The van der Waals surface area contributed by atoms with Crippen LogP contribution in [0.3, 0.4) is 0 Å². The lowest BCUT2D eigenvalue weighted by Gasteiger charge is -2.04. The molecule has 1 aromatic rings. The van der Waals surface area contributed by atoms with Crippen LogP contribution in [-0.2, 0) is 21.2 Å². The highest BCUT2D eigenvalue weighted by atomic mass is 32.2. The van der Waals surface area contributed by atoms with Crippen LogP contribution in [0.5, 0.6) is 0 Å². The molecule has 0 atom stereocenters. The fourth-order valence-corrected chi connectivity index (χ4v) is 1.95. The smallest absolute Gasteiger partial charge is 0.238 e. The second-order valence-corrected chi connectivity index (χ2v) is 5.33. The van der Waals surface area contributed by atoms with Crippen LogP contribution < -0.4 is 5.14 Å². The Hall–Kier alpha value is -1.27. The van der Waals surface area contributed by atoms with Gasteiger partial charge in [-0.2, -0.15) is 0 Å². The van der Waals surface area contributed by atoms with Crippen molar-refractivity contribution in [1.29, 1.82) is 0 Å². The lowest BCUT2D eigenvalue weighted by molar-refractivity contribution is -0.118. The summed E-state index contributed by atoms with van der Waals surface area (Å²) in [6, 6.07) is 3.32. The minimum Gasteiger partial charge on any atom is -0.299 e. The molecular formula is C11H14FNO3S. The van der Waals surface area contributed by atoms with Gasteiger partial charge in [0.15, 0.2) is 0 Å². The molecule has 0 bridgehead atoms. The monoisotopic (exact) mass is 259 g/mol. The third-order valence-electron chi connectivity index (χ3n) is 2.27. The zero-order valence-electron chi connectivity index (χ0n) is 9.44. The van der Waals surface area contributed by atoms with Gasteiger partial charge in [0.05, 0.1) is 4.90 Å². The molecular weight excluding hydrogens is 245 g/mol. The number of sulfonamides is 1. The molecule has 94 valence electrons. The molecule has 0 heterocycles. The summed E-state index contributed by atoms with van der Waals surface area (Å²) in [6.45, 7) is 1.86. The maximum Gasteiger partial charge on any atom is 0.238 e. The molecule has 0 aliphatic carbocycles. The Morgan fingerprint density at radius 1 is 1.41 bits per heavy atom. The van der Waals surface area contributed by atoms with Gasteiger partial charge in [0.1, 0.15) is 11.6 Å². The molecule has 6 heteroatoms. The van der Waals surface area contributed by atoms with Gasteiger partial charge in [-0.05, 0) is 24.1 Å². The van der Waals surface area contributed by atoms with Crippen molar-refractivity contribution >= 4 is 15.8 Å². The number of hydrogen-bond acceptors (Lipinski definition) is 3. The third kappa shape index (κ3) is 3.90. The summed E-state index contributed by atoms with van der Waals surface area (Å²) in [5, 5.41) is 4.86. The molecule has 0 fully saturated rings. The number of carbonyl (C=O) groups excluding carboxylic acids is 1. The number of nitrogens with two attached hydrogens (primary N) is 1. The standard InChI is InChI=1S/C11H14FNO3S/c1-2-3-9(14)6-8-4-5-10(7-11(8)12)17(13,15)16/h4-5,7H,2-3,6H2,1H3,(H2,13,15,16). The van der Waals surface area contributed by atoms with Crippen molar-refractivity contribution in [1.82, 2.24) is 0 Å². The molecule has 1 aromatic carbocycles. The average Bonchev–Trinajstić information content (AvgIpc) is 2.20. The number of benzene rings is 1. The quantitative estimate of drug-likeness (QED) is 0.867. The first-order valence-corrected chi connectivity index (χ1v) is 6.72. The fourth-order valence-electron chi connectivity index (χ4n) is 1.43. The molecule has 0 aliphatic heterocycles. The molecule has 0 aromatic heterocycles. The first kappa shape index (κ1) is 13.8. The molecule has 1 rings (SSSR count). The van der Waals surface area contributed by atoms with Crippen LogP contribution in [0, 0.1) is 5.82 Å². The highest BCUT2D eigenvalue weighted by Crippen LogP contribution is 2.15. The number of halogens is 1. The fraction of sp³-hybridized carbons (Fsp3) is 0.364. The molecule has 0 saturated heterocycles. The van der Waals surface area contributed by atoms with Gasteiger partial charge in [-0.1, -0.05) is 13.0 Å². The molecule has 2 N–H and O–H groups in total. The van der Waals surface area contributed by atoms with Gasteiger partial charge in [0, 0.05) is 12.8 Å². The van der Waals surface area contributed by atoms with E-state index in [0.717, 1.165) is 6.07 Å². The summed E-state index contributed by atoms with van der Waals surface area (Å²) in [4.78, 5) is 11.0. The molecule has 4 nitrogen and oxygen atoms in total. The summed E-state index contributed by atoms with van der Waals surface area (Å²) in [6.07, 6.45) is 1.07. The average molecular weight is 259 g/mol. The molecule has 17 heavy (non-hydrogen) atoms. The second-order valence-electron chi connectivity index (χ2n) is 3.76. The molecule has 0 saturated carbocycles. The lowest BCUT2D eigenvalue weighted by atomic mass is 10.1. The van der Waals surface area contributed by atoms with Crippen molar-refractivity contribution in [2.45, 2.75) is 31.1 Å². The van der Waals surface area contributed by atoms with Crippen LogP contribution in [0.1, 0.15) is 25.3 Å². The van der Waals surface area contributed by atoms with Gasteiger partial charge in [0.2, 0.25) is 10.0 Å². The van der Waals surface area contributed by atoms with E-state index in [4.69, 9.17) is 5.14 Å². The minimum atomic E-state index is -3.91. The Morgan fingerprint density at radius 2 is 2.06 bits per heavy atom. The summed E-state index contributed by atoms with van der Waals surface area (Å²) in [7, 11) is -3.91. The maximum absolute atomic E-state index is 13.5. The molecule has 0 amide bonds. The summed E-state index contributed by atoms with van der Waals surface area (Å²) in [5.41, 5.74) is 0.191. The van der Waals surface area contributed by atoms with Crippen LogP contribution in [0.25, 0.3) is 0 Å². The Balaban J connectivity index is 2.95. The zero-order valence-corrected chi connectivity index (χ0v) is 10.3. The number of rotatable bonds is 5. The van der Waals surface area contributed by atoms with Gasteiger partial charge < -0.3 is 0 Å². The Kier molecular flexibility index (Phi) is 4.36. The van der Waals surface area contributed by atoms with E-state index in [2.05, 4.69) is 0 Å². The number of hydrogen-bond donors (Lipinski definition) is 1. The number of Topliss-reactive ketones (excluding diaryl/α,β-unsaturated/α-hetero) is 1. The van der Waals surface area contributed by atoms with Crippen LogP contribution in [0.4, 0.5) is 4.39 Å². The third-order valence-corrected chi connectivity index (χ3v) is 3.18. The second kappa shape index (κ2) is 5.37. The Morgan fingerprint density at radius 3 is 2.53 bits per heavy atom. The van der Waals surface area contributed by atoms with Crippen LogP contribution in [0.2, 0.25) is 0 Å². The van der Waals surface area contributed by atoms with E-state index in [1.807, 2.05) is 6.92 Å². The lowest BCUT2D eigenvalue weighted by Crippen LogP contribution is -2.13. The van der Waals surface area contributed by atoms with Crippen LogP contribution in [0.15, 0.2) is 23.1 Å². The summed E-state index contributed by atoms with van der Waals surface area (Å²) in [5.74, 6) is -0.796. The summed E-state index contributed by atoms with van der Waals surface area (Å²) >= 11 is 0. The number of carbonyl (C=O) groups is 1. The van der Waals surface area contributed by atoms with E-state index >= 15 is 0 Å². The SMILES string of the molecule is CCCC(=O)Cc1ccc(S(N)(=O)=O)cc1F. The normalized spacial score (nSPS) is 11.5. The van der Waals surface area contributed by atoms with Crippen LogP contribution in [-0.4, -0.2) is 14.2 Å². The van der Waals surface area contributed by atoms with Crippen molar-refractivity contribution in [3.63, 3.8) is 0 Å². The van der Waals surface area contributed by atoms with Crippen molar-refractivity contribution in [2.24, 2.45) is 5.14 Å². The van der Waals surface area contributed by atoms with E-state index in [0.29, 0.717) is 12.8 Å². The van der Waals surface area contributed by atoms with Crippen molar-refractivity contribution in [3.8, 4) is 0 Å². The largest absolute Gasteiger partial charge is 0.299 e. The van der Waals surface area contributed by atoms with Gasteiger partial charge >= 0.3 is 0 Å². The molecule has 0 aliphatic rings. The zero-order chi connectivity index (χ0) is 13.1. The van der Waals surface area contributed by atoms with Crippen molar-refractivity contribution in [2.75, 3.05) is 0 Å². The number of ketones is 1. The van der Waals surface area contributed by atoms with Gasteiger partial charge in [0.25, 0.3) is 0 Å². The predicted molar refractivity (Wildman–Crippen MR) is 61.4 cm³/mol. The van der Waals surface area contributed by atoms with Crippen molar-refractivity contribution < 1.29 is 17.6 Å². The van der Waals surface area contributed by atoms with E-state index in [1.54, 1.807) is 0 Å². The highest BCUT2D eigenvalue weighted by molar-refractivity contribution is 7.89. The van der Waals surface area contributed by atoms with E-state index in [9.17, 15) is 17.6 Å². The minimum absolute atomic E-state index is 0.0232. The highest BCUT2D eigenvalue weighted by Gasteiger charge is 2.13. The van der Waals surface area contributed by atoms with E-state index in [-0.39, 0.29) is 22.7 Å². The molecule has 0 radical (unpaired) electrons. The van der Waals surface area contributed by atoms with E-state index in [1.165, 1.54) is 12.1 Å². The van der Waals surface area contributed by atoms with E-state index < -0.39 is 15.8 Å². The van der Waals surface area contributed by atoms with Gasteiger partial charge in [-0.3, -0.25) is 4.79 Å². The van der Waals surface area contributed by atoms with Crippen molar-refractivity contribution in [3.05, 3.63) is 29.6 Å². The van der Waals surface area contributed by atoms with Gasteiger partial charge in [-0.25, -0.2) is 17.9 Å². The van der Waals surface area contributed by atoms with Crippen LogP contribution >= 0.6 is 0 Å². The predicted octanol–water partition coefficient (Wildman–Crippen LogP) is 1.38. The molecule has 0 spiro atoms. The summed E-state index contributed by atoms with van der Waals surface area (Å²) < 4.78 is 35.4. The Labute approximate surface area is 99.7 Å². The van der Waals surface area contributed by atoms with Gasteiger partial charge in [-0.15, -0.1) is 0 Å². The first-order valence-electron chi connectivity index (χ1n) is 5.17. The maximum atomic E-state index is 13.5. The Bertz CT molecular complexity index is 526. The number of primary sulfonamides is 1.